The van der Waals surface area contributed by atoms with Crippen molar-refractivity contribution in [2.45, 2.75) is 24.9 Å². The molecule has 0 unspecified atom stereocenters. The van der Waals surface area contributed by atoms with Gasteiger partial charge in [-0.3, -0.25) is 4.90 Å². The maximum Gasteiger partial charge on any atom is 0.423 e. The molecule has 0 aliphatic carbocycles. The highest BCUT2D eigenvalue weighted by Crippen LogP contribution is 2.54. The Hall–Kier alpha value is -1.80. The Kier molecular flexibility index (Phi) is 4.45. The van der Waals surface area contributed by atoms with Crippen LogP contribution in [0.3, 0.4) is 0 Å². The van der Waals surface area contributed by atoms with E-state index in [1.807, 2.05) is 6.07 Å². The van der Waals surface area contributed by atoms with Crippen LogP contribution in [-0.2, 0) is 5.41 Å². The van der Waals surface area contributed by atoms with Crippen LogP contribution in [0, 0.1) is 0 Å². The number of imide groups is 1. The number of halogens is 1. The summed E-state index contributed by atoms with van der Waals surface area (Å²) in [7, 11) is 7.06. The average molecular weight is 411 g/mol. The fourth-order valence-corrected chi connectivity index (χ4v) is 4.83. The van der Waals surface area contributed by atoms with Gasteiger partial charge < -0.3 is 15.0 Å². The number of urea groups is 1. The van der Waals surface area contributed by atoms with Gasteiger partial charge in [0, 0.05) is 37.6 Å². The van der Waals surface area contributed by atoms with Gasteiger partial charge in [0.15, 0.2) is 0 Å². The number of likely N-dealkylation sites (tertiary alicyclic amines) is 1. The highest BCUT2D eigenvalue weighted by atomic mass is 79.9. The third-order valence-electron chi connectivity index (χ3n) is 5.34. The van der Waals surface area contributed by atoms with Gasteiger partial charge in [-0.05, 0) is 47.1 Å². The molecule has 1 saturated heterocycles. The molecule has 1 fully saturated rings. The molecule has 136 valence electrons. The number of ether oxygens (including phenoxy) is 1. The lowest BCUT2D eigenvalue weighted by atomic mass is 9.81. The smallest absolute Gasteiger partial charge is 0.410 e. The summed E-state index contributed by atoms with van der Waals surface area (Å²) in [5.41, 5.74) is 2.25. The van der Waals surface area contributed by atoms with Crippen LogP contribution < -0.4 is 15.0 Å². The molecule has 0 saturated carbocycles. The highest BCUT2D eigenvalue weighted by molar-refractivity contribution is 9.10. The molecule has 25 heavy (non-hydrogen) atoms. The number of carbonyl (C=O) groups excluding carboxylic acids is 2. The zero-order chi connectivity index (χ0) is 18.5. The molecule has 2 aliphatic rings. The Labute approximate surface area is 156 Å². The lowest BCUT2D eigenvalue weighted by molar-refractivity contribution is 0.163. The van der Waals surface area contributed by atoms with Crippen LogP contribution in [-0.4, -0.2) is 62.8 Å². The molecule has 0 bridgehead atoms. The molecular formula is C17H23BrN4O3. The van der Waals surface area contributed by atoms with Crippen LogP contribution in [0.2, 0.25) is 0 Å². The Bertz CT molecular complexity index is 741. The molecule has 3 amide bonds. The molecule has 8 heteroatoms. The number of hydrogen-bond donors (Lipinski definition) is 1. The molecule has 0 aromatic heterocycles. The predicted molar refractivity (Wildman–Crippen MR) is 99.2 cm³/mol. The van der Waals surface area contributed by atoms with E-state index in [-0.39, 0.29) is 11.6 Å². The summed E-state index contributed by atoms with van der Waals surface area (Å²) in [4.78, 5) is 29.2. The summed E-state index contributed by atoms with van der Waals surface area (Å²) in [6.45, 7) is 3.27. The largest absolute Gasteiger partial charge is 0.423 e. The van der Waals surface area contributed by atoms with E-state index in [1.54, 1.807) is 6.07 Å². The van der Waals surface area contributed by atoms with Crippen molar-refractivity contribution in [1.82, 2.24) is 15.1 Å². The van der Waals surface area contributed by atoms with Crippen LogP contribution in [0.15, 0.2) is 16.6 Å². The number of likely N-dealkylation sites (N-methyl/N-ethyl adjacent to an activating group) is 2. The van der Waals surface area contributed by atoms with Crippen LogP contribution in [0.1, 0.15) is 18.9 Å². The summed E-state index contributed by atoms with van der Waals surface area (Å²) < 4.78 is 6.30. The average Bonchev–Trinajstić information content (AvgIpc) is 2.99. The number of fused-ring (bicyclic) bond motifs is 3. The number of amides is 3. The summed E-state index contributed by atoms with van der Waals surface area (Å²) >= 11 is 3.62. The lowest BCUT2D eigenvalue weighted by Gasteiger charge is -2.32. The molecule has 1 N–H and O–H groups in total. The second-order valence-electron chi connectivity index (χ2n) is 6.92. The molecule has 2 heterocycles. The summed E-state index contributed by atoms with van der Waals surface area (Å²) in [6.07, 6.45) is 0.592. The van der Waals surface area contributed by atoms with Crippen LogP contribution >= 0.6 is 15.9 Å². The number of anilines is 1. The van der Waals surface area contributed by atoms with E-state index >= 15 is 0 Å². The van der Waals surface area contributed by atoms with Crippen molar-refractivity contribution in [2.75, 3.05) is 39.6 Å². The Balaban J connectivity index is 1.94. The first-order valence-corrected chi connectivity index (χ1v) is 8.94. The molecular weight excluding hydrogens is 388 g/mol. The van der Waals surface area contributed by atoms with Crippen molar-refractivity contribution in [3.63, 3.8) is 0 Å². The van der Waals surface area contributed by atoms with Gasteiger partial charge in [0.05, 0.1) is 11.9 Å². The predicted octanol–water partition coefficient (Wildman–Crippen LogP) is 2.59. The lowest BCUT2D eigenvalue weighted by Crippen LogP contribution is -2.45. The van der Waals surface area contributed by atoms with E-state index in [0.29, 0.717) is 5.75 Å². The van der Waals surface area contributed by atoms with E-state index in [2.05, 4.69) is 52.1 Å². The van der Waals surface area contributed by atoms with Gasteiger partial charge in [0.1, 0.15) is 5.75 Å². The topological polar surface area (TPSA) is 65.1 Å². The first-order chi connectivity index (χ1) is 11.7. The number of benzene rings is 1. The minimum Gasteiger partial charge on any atom is -0.410 e. The Morgan fingerprint density at radius 2 is 2.08 bits per heavy atom. The van der Waals surface area contributed by atoms with E-state index in [1.165, 1.54) is 14.1 Å². The maximum atomic E-state index is 12.2. The van der Waals surface area contributed by atoms with Crippen LogP contribution in [0.25, 0.3) is 0 Å². The molecule has 2 atom stereocenters. The fourth-order valence-electron chi connectivity index (χ4n) is 4.11. The Morgan fingerprint density at radius 1 is 1.40 bits per heavy atom. The molecule has 0 spiro atoms. The molecule has 0 radical (unpaired) electrons. The standard InChI is InChI=1S/C17H23BrN4O3/c1-17-6-7-20(3)14(17)21(4)13-11(17)8-10(9-12(13)18)25-16(24)22(5)15(23)19-2/h8-9,14H,6-7H2,1-5H3,(H,19,23)/t14-,17-/m0/s1. The van der Waals surface area contributed by atoms with E-state index in [0.717, 1.165) is 33.6 Å². The van der Waals surface area contributed by atoms with Crippen molar-refractivity contribution < 1.29 is 14.3 Å². The summed E-state index contributed by atoms with van der Waals surface area (Å²) in [5.74, 6) is 0.427. The molecule has 3 rings (SSSR count). The molecule has 1 aromatic carbocycles. The number of hydrogen-bond acceptors (Lipinski definition) is 5. The van der Waals surface area contributed by atoms with Crippen molar-refractivity contribution in [3.05, 3.63) is 22.2 Å². The SMILES string of the molecule is CNC(=O)N(C)C(=O)Oc1cc(Br)c2c(c1)[C@]1(C)CCN(C)[C@H]1N2C. The van der Waals surface area contributed by atoms with Gasteiger partial charge in [0.25, 0.3) is 0 Å². The van der Waals surface area contributed by atoms with Gasteiger partial charge in [-0.2, -0.15) is 0 Å². The number of nitrogens with one attached hydrogen (secondary N) is 1. The third kappa shape index (κ3) is 2.67. The van der Waals surface area contributed by atoms with Crippen molar-refractivity contribution >= 4 is 33.7 Å². The normalized spacial score (nSPS) is 24.7. The van der Waals surface area contributed by atoms with Gasteiger partial charge >= 0.3 is 12.1 Å². The van der Waals surface area contributed by atoms with Gasteiger partial charge in [-0.1, -0.05) is 6.92 Å². The second-order valence-corrected chi connectivity index (χ2v) is 7.77. The zero-order valence-corrected chi connectivity index (χ0v) is 16.7. The molecule has 2 aliphatic heterocycles. The van der Waals surface area contributed by atoms with Crippen LogP contribution in [0.5, 0.6) is 5.75 Å². The number of rotatable bonds is 1. The van der Waals surface area contributed by atoms with Crippen molar-refractivity contribution in [1.29, 1.82) is 0 Å². The van der Waals surface area contributed by atoms with Crippen LogP contribution in [0.4, 0.5) is 15.3 Å². The summed E-state index contributed by atoms with van der Waals surface area (Å²) in [6, 6.07) is 3.18. The number of nitrogens with zero attached hydrogens (tertiary/aromatic N) is 3. The van der Waals surface area contributed by atoms with E-state index in [4.69, 9.17) is 4.74 Å². The van der Waals surface area contributed by atoms with Gasteiger partial charge in [-0.25, -0.2) is 14.5 Å². The van der Waals surface area contributed by atoms with Crippen molar-refractivity contribution in [2.24, 2.45) is 0 Å². The molecule has 1 aromatic rings. The quantitative estimate of drug-likeness (QED) is 0.770. The first-order valence-electron chi connectivity index (χ1n) is 8.15. The van der Waals surface area contributed by atoms with E-state index in [9.17, 15) is 9.59 Å². The van der Waals surface area contributed by atoms with Gasteiger partial charge in [0.2, 0.25) is 0 Å². The summed E-state index contributed by atoms with van der Waals surface area (Å²) in [5, 5.41) is 2.40. The minimum atomic E-state index is -0.720. The van der Waals surface area contributed by atoms with Gasteiger partial charge in [-0.15, -0.1) is 0 Å². The highest BCUT2D eigenvalue weighted by Gasteiger charge is 2.53. The monoisotopic (exact) mass is 410 g/mol. The third-order valence-corrected chi connectivity index (χ3v) is 5.95. The zero-order valence-electron chi connectivity index (χ0n) is 15.1. The fraction of sp³-hybridized carbons (Fsp3) is 0.529. The first kappa shape index (κ1) is 18.0. The Morgan fingerprint density at radius 3 is 2.72 bits per heavy atom. The maximum absolute atomic E-state index is 12.2. The number of carbonyl (C=O) groups is 2. The second kappa shape index (κ2) is 6.17. The molecule has 7 nitrogen and oxygen atoms in total. The van der Waals surface area contributed by atoms with E-state index < -0.39 is 12.1 Å². The van der Waals surface area contributed by atoms with Crippen molar-refractivity contribution in [3.8, 4) is 5.75 Å². The minimum absolute atomic E-state index is 0.0313.